The van der Waals surface area contributed by atoms with Gasteiger partial charge in [-0.25, -0.2) is 0 Å². The first-order chi connectivity index (χ1) is 12.0. The van der Waals surface area contributed by atoms with Crippen LogP contribution < -0.4 is 0 Å². The summed E-state index contributed by atoms with van der Waals surface area (Å²) in [6.07, 6.45) is 4.77. The van der Waals surface area contributed by atoms with Gasteiger partial charge in [0.15, 0.2) is 5.78 Å². The number of halogens is 2. The molecule has 1 amide bonds. The van der Waals surface area contributed by atoms with Crippen molar-refractivity contribution in [3.05, 3.63) is 63.4 Å². The predicted molar refractivity (Wildman–Crippen MR) is 98.4 cm³/mol. The minimum atomic E-state index is -0.210. The lowest BCUT2D eigenvalue weighted by Crippen LogP contribution is -2.42. The first-order valence-corrected chi connectivity index (χ1v) is 8.92. The Labute approximate surface area is 156 Å². The van der Waals surface area contributed by atoms with Gasteiger partial charge in [0, 0.05) is 52.6 Å². The average Bonchev–Trinajstić information content (AvgIpc) is 2.65. The van der Waals surface area contributed by atoms with Gasteiger partial charge in [0.2, 0.25) is 0 Å². The monoisotopic (exact) mass is 376 g/mol. The highest BCUT2D eigenvalue weighted by Gasteiger charge is 2.30. The van der Waals surface area contributed by atoms with Crippen molar-refractivity contribution in [2.75, 3.05) is 13.1 Å². The van der Waals surface area contributed by atoms with E-state index in [-0.39, 0.29) is 17.6 Å². The molecule has 6 heteroatoms. The number of rotatable bonds is 3. The Hall–Kier alpha value is -1.91. The summed E-state index contributed by atoms with van der Waals surface area (Å²) in [5.74, 6) is -0.323. The Kier molecular flexibility index (Phi) is 5.40. The summed E-state index contributed by atoms with van der Waals surface area (Å²) in [6, 6.07) is 6.78. The number of ketones is 1. The van der Waals surface area contributed by atoms with Gasteiger partial charge in [-0.2, -0.15) is 0 Å². The summed E-state index contributed by atoms with van der Waals surface area (Å²) in [6.45, 7) is 2.83. The molecule has 0 radical (unpaired) electrons. The molecule has 0 aliphatic carbocycles. The zero-order chi connectivity index (χ0) is 18.0. The topological polar surface area (TPSA) is 50.3 Å². The second kappa shape index (κ2) is 7.54. The van der Waals surface area contributed by atoms with Crippen LogP contribution in [0.1, 0.15) is 39.1 Å². The Balaban J connectivity index is 1.77. The Bertz CT molecular complexity index is 785. The molecule has 0 unspecified atom stereocenters. The quantitative estimate of drug-likeness (QED) is 0.744. The zero-order valence-electron chi connectivity index (χ0n) is 13.8. The number of carbonyl (C=O) groups excluding carboxylic acids is 2. The normalized spacial score (nSPS) is 17.4. The van der Waals surface area contributed by atoms with Crippen molar-refractivity contribution in [3.8, 4) is 0 Å². The molecule has 0 N–H and O–H groups in total. The Morgan fingerprint density at radius 3 is 2.56 bits per heavy atom. The van der Waals surface area contributed by atoms with Crippen molar-refractivity contribution < 1.29 is 9.59 Å². The number of nitrogens with zero attached hydrogens (tertiary/aromatic N) is 2. The van der Waals surface area contributed by atoms with E-state index in [1.807, 2.05) is 6.92 Å². The van der Waals surface area contributed by atoms with Gasteiger partial charge in [-0.3, -0.25) is 14.6 Å². The van der Waals surface area contributed by atoms with Crippen molar-refractivity contribution >= 4 is 34.9 Å². The van der Waals surface area contributed by atoms with Gasteiger partial charge in [0.25, 0.3) is 5.91 Å². The number of pyridine rings is 1. The van der Waals surface area contributed by atoms with Crippen LogP contribution in [-0.2, 0) is 0 Å². The fourth-order valence-electron chi connectivity index (χ4n) is 3.07. The second-order valence-electron chi connectivity index (χ2n) is 6.26. The zero-order valence-corrected chi connectivity index (χ0v) is 15.3. The smallest absolute Gasteiger partial charge is 0.253 e. The SMILES string of the molecule is Cc1c(Cl)cc(C(=O)N2CCC[C@H](C(=O)c3cccnc3)C2)cc1Cl. The van der Waals surface area contributed by atoms with Crippen LogP contribution in [0.5, 0.6) is 0 Å². The third kappa shape index (κ3) is 3.86. The fourth-order valence-corrected chi connectivity index (χ4v) is 3.56. The Morgan fingerprint density at radius 1 is 1.20 bits per heavy atom. The van der Waals surface area contributed by atoms with E-state index in [1.54, 1.807) is 41.6 Å². The van der Waals surface area contributed by atoms with Crippen LogP contribution in [0.25, 0.3) is 0 Å². The summed E-state index contributed by atoms with van der Waals surface area (Å²) in [7, 11) is 0. The van der Waals surface area contributed by atoms with Crippen molar-refractivity contribution in [1.29, 1.82) is 0 Å². The maximum Gasteiger partial charge on any atom is 0.253 e. The van der Waals surface area contributed by atoms with Crippen molar-refractivity contribution in [1.82, 2.24) is 9.88 Å². The lowest BCUT2D eigenvalue weighted by molar-refractivity contribution is 0.0637. The molecule has 1 atom stereocenters. The van der Waals surface area contributed by atoms with E-state index in [9.17, 15) is 9.59 Å². The third-order valence-electron chi connectivity index (χ3n) is 4.55. The highest BCUT2D eigenvalue weighted by Crippen LogP contribution is 2.28. The molecule has 3 rings (SSSR count). The first kappa shape index (κ1) is 17.9. The number of aromatic nitrogens is 1. The molecule has 1 fully saturated rings. The van der Waals surface area contributed by atoms with E-state index < -0.39 is 0 Å². The molecule has 1 saturated heterocycles. The van der Waals surface area contributed by atoms with Gasteiger partial charge >= 0.3 is 0 Å². The van der Waals surface area contributed by atoms with Crippen LogP contribution in [0.4, 0.5) is 0 Å². The minimum absolute atomic E-state index is 0.0329. The summed E-state index contributed by atoms with van der Waals surface area (Å²) < 4.78 is 0. The molecule has 130 valence electrons. The molecular weight excluding hydrogens is 359 g/mol. The van der Waals surface area contributed by atoms with E-state index in [0.717, 1.165) is 18.4 Å². The molecule has 1 aliphatic heterocycles. The highest BCUT2D eigenvalue weighted by atomic mass is 35.5. The Morgan fingerprint density at radius 2 is 1.92 bits per heavy atom. The van der Waals surface area contributed by atoms with Crippen molar-refractivity contribution in [2.24, 2.45) is 5.92 Å². The maximum atomic E-state index is 12.8. The molecule has 0 bridgehead atoms. The fraction of sp³-hybridized carbons (Fsp3) is 0.316. The molecular formula is C19H18Cl2N2O2. The standard InChI is InChI=1S/C19H18Cl2N2O2/c1-12-16(20)8-15(9-17(12)21)19(25)23-7-3-5-14(11-23)18(24)13-4-2-6-22-10-13/h2,4,6,8-10,14H,3,5,7,11H2,1H3/t14-/m0/s1. The largest absolute Gasteiger partial charge is 0.338 e. The summed E-state index contributed by atoms with van der Waals surface area (Å²) in [4.78, 5) is 31.1. The van der Waals surface area contributed by atoms with Gasteiger partial charge < -0.3 is 4.90 Å². The molecule has 1 aromatic carbocycles. The number of hydrogen-bond donors (Lipinski definition) is 0. The van der Waals surface area contributed by atoms with Crippen molar-refractivity contribution in [3.63, 3.8) is 0 Å². The molecule has 0 spiro atoms. The van der Waals surface area contributed by atoms with E-state index in [0.29, 0.717) is 34.3 Å². The average molecular weight is 377 g/mol. The molecule has 1 aromatic heterocycles. The highest BCUT2D eigenvalue weighted by molar-refractivity contribution is 6.36. The van der Waals surface area contributed by atoms with E-state index in [2.05, 4.69) is 4.98 Å². The summed E-state index contributed by atoms with van der Waals surface area (Å²) in [5, 5.41) is 0.937. The number of hydrogen-bond acceptors (Lipinski definition) is 3. The van der Waals surface area contributed by atoms with Crippen LogP contribution in [0.2, 0.25) is 10.0 Å². The van der Waals surface area contributed by atoms with Gasteiger partial charge in [0.05, 0.1) is 0 Å². The summed E-state index contributed by atoms with van der Waals surface area (Å²) >= 11 is 12.3. The van der Waals surface area contributed by atoms with E-state index >= 15 is 0 Å². The molecule has 0 saturated carbocycles. The number of amides is 1. The molecule has 25 heavy (non-hydrogen) atoms. The van der Waals surface area contributed by atoms with Gasteiger partial charge in [-0.1, -0.05) is 23.2 Å². The lowest BCUT2D eigenvalue weighted by atomic mass is 9.90. The summed E-state index contributed by atoms with van der Waals surface area (Å²) in [5.41, 5.74) is 1.79. The van der Waals surface area contributed by atoms with Gasteiger partial charge in [0.1, 0.15) is 0 Å². The number of piperidine rings is 1. The number of likely N-dealkylation sites (tertiary alicyclic amines) is 1. The minimum Gasteiger partial charge on any atom is -0.338 e. The van der Waals surface area contributed by atoms with Gasteiger partial charge in [-0.15, -0.1) is 0 Å². The van der Waals surface area contributed by atoms with Gasteiger partial charge in [-0.05, 0) is 49.6 Å². The predicted octanol–water partition coefficient (Wildman–Crippen LogP) is 4.43. The third-order valence-corrected chi connectivity index (χ3v) is 5.34. The molecule has 4 nitrogen and oxygen atoms in total. The van der Waals surface area contributed by atoms with Crippen LogP contribution in [0.15, 0.2) is 36.7 Å². The molecule has 1 aliphatic rings. The maximum absolute atomic E-state index is 12.8. The van der Waals surface area contributed by atoms with Crippen LogP contribution in [0, 0.1) is 12.8 Å². The number of Topliss-reactive ketones (excluding diaryl/α,β-unsaturated/α-hetero) is 1. The lowest BCUT2D eigenvalue weighted by Gasteiger charge is -2.32. The number of carbonyl (C=O) groups is 2. The first-order valence-electron chi connectivity index (χ1n) is 8.16. The van der Waals surface area contributed by atoms with Crippen LogP contribution >= 0.6 is 23.2 Å². The number of benzene rings is 1. The van der Waals surface area contributed by atoms with Crippen LogP contribution in [-0.4, -0.2) is 34.7 Å². The van der Waals surface area contributed by atoms with E-state index in [1.165, 1.54) is 0 Å². The second-order valence-corrected chi connectivity index (χ2v) is 7.08. The van der Waals surface area contributed by atoms with Crippen molar-refractivity contribution in [2.45, 2.75) is 19.8 Å². The van der Waals surface area contributed by atoms with Crippen LogP contribution in [0.3, 0.4) is 0 Å². The molecule has 2 aromatic rings. The molecule has 2 heterocycles. The van der Waals surface area contributed by atoms with E-state index in [4.69, 9.17) is 23.2 Å².